The van der Waals surface area contributed by atoms with Crippen molar-refractivity contribution >= 4 is 17.5 Å². The average molecular weight is 214 g/mol. The van der Waals surface area contributed by atoms with Crippen LogP contribution in [0.15, 0.2) is 12.1 Å². The third-order valence-corrected chi connectivity index (χ3v) is 2.65. The summed E-state index contributed by atoms with van der Waals surface area (Å²) in [7, 11) is 1.70. The van der Waals surface area contributed by atoms with Crippen LogP contribution in [0.25, 0.3) is 0 Å². The Balaban J connectivity index is 2.60. The van der Waals surface area contributed by atoms with Crippen molar-refractivity contribution in [1.29, 1.82) is 0 Å². The lowest BCUT2D eigenvalue weighted by Crippen LogP contribution is -2.34. The zero-order chi connectivity index (χ0) is 10.3. The van der Waals surface area contributed by atoms with Gasteiger partial charge in [0, 0.05) is 29.7 Å². The lowest BCUT2D eigenvalue weighted by molar-refractivity contribution is 0.0779. The van der Waals surface area contributed by atoms with Crippen LogP contribution >= 0.6 is 11.6 Å². The second-order valence-corrected chi connectivity index (χ2v) is 3.83. The highest BCUT2D eigenvalue weighted by atomic mass is 35.5. The maximum absolute atomic E-state index is 13.4. The number of fused-ring (bicyclic) bond motifs is 1. The van der Waals surface area contributed by atoms with Gasteiger partial charge in [-0.05, 0) is 18.6 Å². The first-order valence-corrected chi connectivity index (χ1v) is 4.71. The number of nitrogens with zero attached hydrogens (tertiary/aromatic N) is 1. The molecule has 14 heavy (non-hydrogen) atoms. The van der Waals surface area contributed by atoms with E-state index in [4.69, 9.17) is 11.6 Å². The summed E-state index contributed by atoms with van der Waals surface area (Å²) in [5.41, 5.74) is 0.876. The minimum absolute atomic E-state index is 0.160. The van der Waals surface area contributed by atoms with Crippen molar-refractivity contribution in [2.24, 2.45) is 0 Å². The summed E-state index contributed by atoms with van der Waals surface area (Å²) in [5, 5.41) is 0.268. The maximum Gasteiger partial charge on any atom is 0.254 e. The van der Waals surface area contributed by atoms with Crippen LogP contribution in [0.1, 0.15) is 15.9 Å². The van der Waals surface area contributed by atoms with Gasteiger partial charge < -0.3 is 4.90 Å². The van der Waals surface area contributed by atoms with E-state index in [1.807, 2.05) is 0 Å². The average Bonchev–Trinajstić information content (AvgIpc) is 2.12. The van der Waals surface area contributed by atoms with Crippen LogP contribution in [-0.2, 0) is 6.42 Å². The molecule has 2 rings (SSSR count). The predicted molar refractivity (Wildman–Crippen MR) is 52.1 cm³/mol. The summed E-state index contributed by atoms with van der Waals surface area (Å²) < 4.78 is 13.4. The fourth-order valence-corrected chi connectivity index (χ4v) is 1.84. The molecule has 4 heteroatoms. The summed E-state index contributed by atoms with van der Waals surface area (Å²) in [4.78, 5) is 13.2. The molecule has 1 heterocycles. The summed E-state index contributed by atoms with van der Waals surface area (Å²) in [6.45, 7) is 0.560. The zero-order valence-corrected chi connectivity index (χ0v) is 8.44. The zero-order valence-electron chi connectivity index (χ0n) is 7.68. The molecule has 1 aliphatic rings. The Labute approximate surface area is 86.3 Å². The predicted octanol–water partition coefficient (Wildman–Crippen LogP) is 2.11. The summed E-state index contributed by atoms with van der Waals surface area (Å²) in [6, 6.07) is 2.77. The Morgan fingerprint density at radius 1 is 1.50 bits per heavy atom. The lowest BCUT2D eigenvalue weighted by atomic mass is 9.99. The summed E-state index contributed by atoms with van der Waals surface area (Å²) in [5.74, 6) is -0.540. The van der Waals surface area contributed by atoms with Gasteiger partial charge in [-0.2, -0.15) is 0 Å². The van der Waals surface area contributed by atoms with E-state index in [1.165, 1.54) is 12.1 Å². The van der Waals surface area contributed by atoms with Gasteiger partial charge in [-0.25, -0.2) is 4.39 Å². The SMILES string of the molecule is CN1CCc2c(F)cc(Cl)cc2C1=O. The van der Waals surface area contributed by atoms with Gasteiger partial charge in [-0.3, -0.25) is 4.79 Å². The molecular weight excluding hydrogens is 205 g/mol. The number of carbonyl (C=O) groups is 1. The van der Waals surface area contributed by atoms with Crippen LogP contribution in [-0.4, -0.2) is 24.4 Å². The standard InChI is InChI=1S/C10H9ClFNO/c1-13-3-2-7-8(10(13)14)4-6(11)5-9(7)12/h4-5H,2-3H2,1H3. The van der Waals surface area contributed by atoms with E-state index in [9.17, 15) is 9.18 Å². The molecule has 0 N–H and O–H groups in total. The summed E-state index contributed by atoms with van der Waals surface area (Å²) in [6.07, 6.45) is 0.556. The minimum Gasteiger partial charge on any atom is -0.341 e. The molecule has 0 atom stereocenters. The molecule has 0 bridgehead atoms. The topological polar surface area (TPSA) is 20.3 Å². The molecular formula is C10H9ClFNO. The van der Waals surface area contributed by atoms with Gasteiger partial charge in [0.1, 0.15) is 5.82 Å². The third-order valence-electron chi connectivity index (χ3n) is 2.43. The quantitative estimate of drug-likeness (QED) is 0.647. The molecule has 0 fully saturated rings. The second-order valence-electron chi connectivity index (χ2n) is 3.39. The maximum atomic E-state index is 13.4. The van der Waals surface area contributed by atoms with Crippen molar-refractivity contribution in [2.45, 2.75) is 6.42 Å². The third kappa shape index (κ3) is 1.38. The first-order chi connectivity index (χ1) is 6.59. The molecule has 0 spiro atoms. The van der Waals surface area contributed by atoms with Crippen molar-refractivity contribution in [3.8, 4) is 0 Å². The number of hydrogen-bond donors (Lipinski definition) is 0. The van der Waals surface area contributed by atoms with E-state index < -0.39 is 0 Å². The van der Waals surface area contributed by atoms with Crippen molar-refractivity contribution in [3.63, 3.8) is 0 Å². The van der Waals surface area contributed by atoms with Crippen LogP contribution < -0.4 is 0 Å². The fraction of sp³-hybridized carbons (Fsp3) is 0.300. The molecule has 0 aliphatic carbocycles. The van der Waals surface area contributed by atoms with Crippen LogP contribution in [0.2, 0.25) is 5.02 Å². The normalized spacial score (nSPS) is 15.6. The molecule has 1 amide bonds. The molecule has 1 aliphatic heterocycles. The van der Waals surface area contributed by atoms with Crippen molar-refractivity contribution in [1.82, 2.24) is 4.90 Å². The number of hydrogen-bond acceptors (Lipinski definition) is 1. The van der Waals surface area contributed by atoms with E-state index in [0.29, 0.717) is 24.1 Å². The number of amides is 1. The number of benzene rings is 1. The summed E-state index contributed by atoms with van der Waals surface area (Å²) >= 11 is 5.68. The minimum atomic E-state index is -0.381. The number of likely N-dealkylation sites (N-methyl/N-ethyl adjacent to an activating group) is 1. The molecule has 1 aromatic carbocycles. The van der Waals surface area contributed by atoms with Crippen molar-refractivity contribution < 1.29 is 9.18 Å². The Morgan fingerprint density at radius 3 is 2.93 bits per heavy atom. The number of rotatable bonds is 0. The van der Waals surface area contributed by atoms with Gasteiger partial charge in [-0.1, -0.05) is 11.6 Å². The van der Waals surface area contributed by atoms with E-state index in [-0.39, 0.29) is 16.7 Å². The van der Waals surface area contributed by atoms with Gasteiger partial charge in [0.05, 0.1) is 0 Å². The van der Waals surface area contributed by atoms with Crippen molar-refractivity contribution in [2.75, 3.05) is 13.6 Å². The molecule has 0 radical (unpaired) electrons. The molecule has 0 aromatic heterocycles. The second kappa shape index (κ2) is 3.24. The Kier molecular flexibility index (Phi) is 2.19. The molecule has 74 valence electrons. The van der Waals surface area contributed by atoms with Crippen LogP contribution in [0.3, 0.4) is 0 Å². The molecule has 0 saturated carbocycles. The van der Waals surface area contributed by atoms with Crippen LogP contribution in [0, 0.1) is 5.82 Å². The number of halogens is 2. The highest BCUT2D eigenvalue weighted by Gasteiger charge is 2.24. The van der Waals surface area contributed by atoms with E-state index in [1.54, 1.807) is 11.9 Å². The highest BCUT2D eigenvalue weighted by molar-refractivity contribution is 6.31. The van der Waals surface area contributed by atoms with Gasteiger partial charge in [0.15, 0.2) is 0 Å². The van der Waals surface area contributed by atoms with Gasteiger partial charge in [0.25, 0.3) is 5.91 Å². The van der Waals surface area contributed by atoms with Gasteiger partial charge in [-0.15, -0.1) is 0 Å². The molecule has 2 nitrogen and oxygen atoms in total. The molecule has 0 unspecified atom stereocenters. The Bertz CT molecular complexity index is 405. The molecule has 0 saturated heterocycles. The largest absolute Gasteiger partial charge is 0.341 e. The van der Waals surface area contributed by atoms with Crippen LogP contribution in [0.4, 0.5) is 4.39 Å². The monoisotopic (exact) mass is 213 g/mol. The van der Waals surface area contributed by atoms with Gasteiger partial charge in [0.2, 0.25) is 0 Å². The Hall–Kier alpha value is -1.09. The van der Waals surface area contributed by atoms with Crippen molar-refractivity contribution in [3.05, 3.63) is 34.1 Å². The lowest BCUT2D eigenvalue weighted by Gasteiger charge is -2.25. The first kappa shape index (κ1) is 9.46. The fourth-order valence-electron chi connectivity index (χ4n) is 1.64. The van der Waals surface area contributed by atoms with Crippen LogP contribution in [0.5, 0.6) is 0 Å². The molecule has 1 aromatic rings. The van der Waals surface area contributed by atoms with E-state index in [2.05, 4.69) is 0 Å². The van der Waals surface area contributed by atoms with Gasteiger partial charge >= 0.3 is 0 Å². The van der Waals surface area contributed by atoms with E-state index >= 15 is 0 Å². The Morgan fingerprint density at radius 2 is 2.21 bits per heavy atom. The smallest absolute Gasteiger partial charge is 0.254 e. The first-order valence-electron chi connectivity index (χ1n) is 4.33. The highest BCUT2D eigenvalue weighted by Crippen LogP contribution is 2.24. The number of carbonyl (C=O) groups excluding carboxylic acids is 1. The van der Waals surface area contributed by atoms with E-state index in [0.717, 1.165) is 0 Å².